The first-order chi connectivity index (χ1) is 15.1. The highest BCUT2D eigenvalue weighted by atomic mass is 32.2. The van der Waals surface area contributed by atoms with Crippen LogP contribution >= 0.6 is 11.8 Å². The Kier molecular flexibility index (Phi) is 6.22. The zero-order valence-corrected chi connectivity index (χ0v) is 17.9. The summed E-state index contributed by atoms with van der Waals surface area (Å²) in [6.07, 6.45) is 2.89. The molecule has 0 aliphatic carbocycles. The van der Waals surface area contributed by atoms with Crippen molar-refractivity contribution in [1.29, 1.82) is 0 Å². The molecular formula is C22H24N6O2S. The number of hydrazone groups is 1. The van der Waals surface area contributed by atoms with Crippen LogP contribution < -0.4 is 16.1 Å². The lowest BCUT2D eigenvalue weighted by Crippen LogP contribution is -2.40. The minimum atomic E-state index is -0.695. The van der Waals surface area contributed by atoms with Gasteiger partial charge in [-0.05, 0) is 42.7 Å². The van der Waals surface area contributed by atoms with Gasteiger partial charge in [0.25, 0.3) is 5.91 Å². The number of H-pyrrole nitrogens is 1. The largest absolute Gasteiger partial charge is 0.368 e. The number of rotatable bonds is 8. The molecule has 2 heterocycles. The predicted molar refractivity (Wildman–Crippen MR) is 124 cm³/mol. The lowest BCUT2D eigenvalue weighted by atomic mass is 10.1. The molecule has 0 saturated carbocycles. The number of aromatic nitrogens is 2. The van der Waals surface area contributed by atoms with Gasteiger partial charge in [0.15, 0.2) is 0 Å². The van der Waals surface area contributed by atoms with Crippen molar-refractivity contribution in [2.75, 3.05) is 17.0 Å². The van der Waals surface area contributed by atoms with Crippen LogP contribution in [0.25, 0.3) is 11.0 Å². The van der Waals surface area contributed by atoms with E-state index in [-0.39, 0.29) is 24.1 Å². The Balaban J connectivity index is 1.57. The zero-order chi connectivity index (χ0) is 21.8. The highest BCUT2D eigenvalue weighted by molar-refractivity contribution is 7.98. The number of benzene rings is 2. The van der Waals surface area contributed by atoms with Gasteiger partial charge in [0.05, 0.1) is 22.8 Å². The lowest BCUT2D eigenvalue weighted by Gasteiger charge is -2.20. The summed E-state index contributed by atoms with van der Waals surface area (Å²) in [6.45, 7) is 0. The number of nitrogens with one attached hydrogen (secondary N) is 2. The molecule has 1 aromatic heterocycles. The number of anilines is 1. The van der Waals surface area contributed by atoms with E-state index in [4.69, 9.17) is 5.73 Å². The number of fused-ring (bicyclic) bond motifs is 1. The number of para-hydroxylation sites is 3. The average molecular weight is 437 g/mol. The van der Waals surface area contributed by atoms with Crippen LogP contribution in [0.2, 0.25) is 0 Å². The van der Waals surface area contributed by atoms with Crippen LogP contribution in [0.4, 0.5) is 5.69 Å². The highest BCUT2D eigenvalue weighted by Crippen LogP contribution is 2.25. The summed E-state index contributed by atoms with van der Waals surface area (Å²) in [5.74, 6) is 0.713. The van der Waals surface area contributed by atoms with Crippen molar-refractivity contribution >= 4 is 46.0 Å². The molecule has 2 amide bonds. The van der Waals surface area contributed by atoms with Crippen LogP contribution in [0.1, 0.15) is 24.7 Å². The van der Waals surface area contributed by atoms with Gasteiger partial charge in [-0.3, -0.25) is 14.6 Å². The van der Waals surface area contributed by atoms with Crippen LogP contribution in [0.5, 0.6) is 0 Å². The second kappa shape index (κ2) is 9.22. The minimum absolute atomic E-state index is 0.158. The second-order valence-electron chi connectivity index (χ2n) is 7.30. The second-order valence-corrected chi connectivity index (χ2v) is 8.28. The van der Waals surface area contributed by atoms with Gasteiger partial charge in [-0.15, -0.1) is 0 Å². The molecule has 160 valence electrons. The van der Waals surface area contributed by atoms with Crippen LogP contribution in [-0.4, -0.2) is 45.5 Å². The first-order valence-corrected chi connectivity index (χ1v) is 11.4. The molecule has 0 radical (unpaired) electrons. The first kappa shape index (κ1) is 20.9. The molecule has 9 heteroatoms. The molecule has 3 aromatic rings. The first-order valence-electron chi connectivity index (χ1n) is 10.0. The van der Waals surface area contributed by atoms with Crippen LogP contribution in [0, 0.1) is 0 Å². The minimum Gasteiger partial charge on any atom is -0.368 e. The Bertz CT molecular complexity index is 1080. The fourth-order valence-corrected chi connectivity index (χ4v) is 4.05. The van der Waals surface area contributed by atoms with E-state index in [9.17, 15) is 9.59 Å². The molecule has 0 bridgehead atoms. The van der Waals surface area contributed by atoms with Crippen LogP contribution in [0.15, 0.2) is 59.7 Å². The van der Waals surface area contributed by atoms with Crippen molar-refractivity contribution in [2.24, 2.45) is 10.8 Å². The number of hydrogen-bond acceptors (Lipinski definition) is 6. The van der Waals surface area contributed by atoms with E-state index in [0.717, 1.165) is 16.8 Å². The molecule has 31 heavy (non-hydrogen) atoms. The molecule has 0 saturated heterocycles. The molecule has 0 fully saturated rings. The number of thioether (sulfide) groups is 1. The van der Waals surface area contributed by atoms with E-state index in [1.165, 1.54) is 5.01 Å². The number of aromatic amines is 1. The van der Waals surface area contributed by atoms with E-state index >= 15 is 0 Å². The van der Waals surface area contributed by atoms with Gasteiger partial charge in [0.2, 0.25) is 5.91 Å². The monoisotopic (exact) mass is 436 g/mol. The Morgan fingerprint density at radius 2 is 1.97 bits per heavy atom. The maximum absolute atomic E-state index is 13.1. The van der Waals surface area contributed by atoms with E-state index in [0.29, 0.717) is 17.9 Å². The van der Waals surface area contributed by atoms with Gasteiger partial charge >= 0.3 is 0 Å². The number of hydrogen-bond donors (Lipinski definition) is 3. The third-order valence-corrected chi connectivity index (χ3v) is 5.82. The van der Waals surface area contributed by atoms with Gasteiger partial charge in [0.1, 0.15) is 17.6 Å². The number of imidazole rings is 1. The summed E-state index contributed by atoms with van der Waals surface area (Å²) in [6, 6.07) is 16.0. The third-order valence-electron chi connectivity index (χ3n) is 5.18. The summed E-state index contributed by atoms with van der Waals surface area (Å²) in [5, 5.41) is 9.00. The number of nitrogens with two attached hydrogens (primary N) is 1. The standard InChI is InChI=1S/C22H24N6O2S/c1-31-12-11-17(21-24-15-9-5-6-10-16(15)25-21)26-22(30)18-13-19(20(23)29)28(27-18)14-7-3-2-4-8-14/h2-10,17,19H,11-13H2,1H3,(H2,23,29)(H,24,25)(H,26,30). The molecule has 0 spiro atoms. The molecule has 2 unspecified atom stereocenters. The van der Waals surface area contributed by atoms with Crippen molar-refractivity contribution < 1.29 is 9.59 Å². The van der Waals surface area contributed by atoms with Crippen molar-refractivity contribution in [3.05, 3.63) is 60.4 Å². The van der Waals surface area contributed by atoms with Crippen molar-refractivity contribution in [3.63, 3.8) is 0 Å². The van der Waals surface area contributed by atoms with Gasteiger partial charge in [-0.25, -0.2) is 4.98 Å². The van der Waals surface area contributed by atoms with E-state index in [1.807, 2.05) is 60.9 Å². The van der Waals surface area contributed by atoms with Crippen molar-refractivity contribution in [2.45, 2.75) is 24.9 Å². The van der Waals surface area contributed by atoms with E-state index in [2.05, 4.69) is 20.4 Å². The van der Waals surface area contributed by atoms with Crippen molar-refractivity contribution in [3.8, 4) is 0 Å². The fourth-order valence-electron chi connectivity index (χ4n) is 3.58. The maximum Gasteiger partial charge on any atom is 0.268 e. The lowest BCUT2D eigenvalue weighted by molar-refractivity contribution is -0.119. The SMILES string of the molecule is CSCCC(NC(=O)C1=NN(c2ccccc2)C(C(N)=O)C1)c1nc2ccccc2[nH]1. The molecule has 1 aliphatic rings. The fraction of sp³-hybridized carbons (Fsp3) is 0.273. The Hall–Kier alpha value is -3.33. The maximum atomic E-state index is 13.1. The topological polar surface area (TPSA) is 116 Å². The predicted octanol–water partition coefficient (Wildman–Crippen LogP) is 2.59. The molecule has 4 N–H and O–H groups in total. The zero-order valence-electron chi connectivity index (χ0n) is 17.1. The Morgan fingerprint density at radius 3 is 2.68 bits per heavy atom. The molecular weight excluding hydrogens is 412 g/mol. The third kappa shape index (κ3) is 4.56. The smallest absolute Gasteiger partial charge is 0.268 e. The summed E-state index contributed by atoms with van der Waals surface area (Å²) < 4.78 is 0. The Labute approximate surface area is 184 Å². The average Bonchev–Trinajstić information content (AvgIpc) is 3.42. The summed E-state index contributed by atoms with van der Waals surface area (Å²) in [4.78, 5) is 33.0. The van der Waals surface area contributed by atoms with Crippen LogP contribution in [0.3, 0.4) is 0 Å². The molecule has 1 aliphatic heterocycles. The quantitative estimate of drug-likeness (QED) is 0.502. The van der Waals surface area contributed by atoms with Gasteiger partial charge < -0.3 is 16.0 Å². The molecule has 4 rings (SSSR count). The van der Waals surface area contributed by atoms with Gasteiger partial charge in [0, 0.05) is 6.42 Å². The summed E-state index contributed by atoms with van der Waals surface area (Å²) in [7, 11) is 0. The Morgan fingerprint density at radius 1 is 1.23 bits per heavy atom. The highest BCUT2D eigenvalue weighted by Gasteiger charge is 2.35. The molecule has 2 aromatic carbocycles. The van der Waals surface area contributed by atoms with Gasteiger partial charge in [-0.1, -0.05) is 30.3 Å². The summed E-state index contributed by atoms with van der Waals surface area (Å²) in [5.41, 5.74) is 8.34. The number of amides is 2. The van der Waals surface area contributed by atoms with Gasteiger partial charge in [-0.2, -0.15) is 16.9 Å². The number of carbonyl (C=O) groups excluding carboxylic acids is 2. The normalized spacial score (nSPS) is 16.9. The number of carbonyl (C=O) groups is 2. The number of nitrogens with zero attached hydrogens (tertiary/aromatic N) is 3. The number of primary amides is 1. The molecule has 2 atom stereocenters. The van der Waals surface area contributed by atoms with Crippen LogP contribution in [-0.2, 0) is 9.59 Å². The summed E-state index contributed by atoms with van der Waals surface area (Å²) >= 11 is 1.70. The van der Waals surface area contributed by atoms with E-state index in [1.54, 1.807) is 11.8 Å². The molecule has 8 nitrogen and oxygen atoms in total. The van der Waals surface area contributed by atoms with E-state index < -0.39 is 11.9 Å². The van der Waals surface area contributed by atoms with Crippen molar-refractivity contribution in [1.82, 2.24) is 15.3 Å².